The van der Waals surface area contributed by atoms with E-state index < -0.39 is 4.92 Å². The summed E-state index contributed by atoms with van der Waals surface area (Å²) < 4.78 is 6.00. The lowest BCUT2D eigenvalue weighted by Crippen LogP contribution is -2.20. The normalized spacial score (nSPS) is 10.5. The summed E-state index contributed by atoms with van der Waals surface area (Å²) in [4.78, 5) is 22.3. The van der Waals surface area contributed by atoms with Crippen molar-refractivity contribution in [3.05, 3.63) is 69.2 Å². The minimum absolute atomic E-state index is 0.0454. The zero-order valence-corrected chi connectivity index (χ0v) is 16.6. The molecule has 2 aromatic carbocycles. The number of carbonyl (C=O) groups is 1. The molecule has 1 aromatic heterocycles. The lowest BCUT2D eigenvalue weighted by molar-refractivity contribution is -0.384. The van der Waals surface area contributed by atoms with Crippen molar-refractivity contribution in [3.8, 4) is 5.75 Å². The first-order chi connectivity index (χ1) is 13.5. The Morgan fingerprint density at radius 3 is 2.79 bits per heavy atom. The molecule has 1 N–H and O–H groups in total. The van der Waals surface area contributed by atoms with Crippen LogP contribution < -0.4 is 10.1 Å². The van der Waals surface area contributed by atoms with E-state index >= 15 is 0 Å². The standard InChI is InChI=1S/C17H13ClN4O4S2/c18-12-4-6-14(7-5-12)26-9-15(23)19-16-20-21-17(28-16)27-10-11-2-1-3-13(8-11)22(24)25/h1-8H,9-10H2,(H,19,20,23). The summed E-state index contributed by atoms with van der Waals surface area (Å²) in [7, 11) is 0. The van der Waals surface area contributed by atoms with Gasteiger partial charge in [0.1, 0.15) is 5.75 Å². The number of benzene rings is 2. The fraction of sp³-hybridized carbons (Fsp3) is 0.118. The molecular weight excluding hydrogens is 424 g/mol. The average Bonchev–Trinajstić information content (AvgIpc) is 3.13. The van der Waals surface area contributed by atoms with Crippen molar-refractivity contribution in [2.24, 2.45) is 0 Å². The van der Waals surface area contributed by atoms with Crippen LogP contribution in [0.1, 0.15) is 5.56 Å². The van der Waals surface area contributed by atoms with Gasteiger partial charge in [0, 0.05) is 22.9 Å². The molecule has 3 rings (SSSR count). The number of nitrogens with one attached hydrogen (secondary N) is 1. The van der Waals surface area contributed by atoms with E-state index in [0.29, 0.717) is 26.0 Å². The van der Waals surface area contributed by atoms with Gasteiger partial charge in [-0.15, -0.1) is 10.2 Å². The number of non-ortho nitro benzene ring substituents is 1. The number of carbonyl (C=O) groups excluding carboxylic acids is 1. The Morgan fingerprint density at radius 1 is 1.25 bits per heavy atom. The van der Waals surface area contributed by atoms with Crippen LogP contribution in [-0.2, 0) is 10.5 Å². The van der Waals surface area contributed by atoms with E-state index in [1.807, 2.05) is 0 Å². The van der Waals surface area contributed by atoms with Crippen LogP contribution >= 0.6 is 34.7 Å². The number of ether oxygens (including phenoxy) is 1. The predicted octanol–water partition coefficient (Wildman–Crippen LogP) is 4.41. The van der Waals surface area contributed by atoms with Gasteiger partial charge in [-0.2, -0.15) is 0 Å². The van der Waals surface area contributed by atoms with Gasteiger partial charge in [0.25, 0.3) is 11.6 Å². The van der Waals surface area contributed by atoms with Crippen LogP contribution in [0.3, 0.4) is 0 Å². The molecule has 0 fully saturated rings. The molecule has 0 saturated heterocycles. The third-order valence-electron chi connectivity index (χ3n) is 3.32. The minimum Gasteiger partial charge on any atom is -0.484 e. The summed E-state index contributed by atoms with van der Waals surface area (Å²) in [5.41, 5.74) is 0.848. The molecule has 0 bridgehead atoms. The van der Waals surface area contributed by atoms with E-state index in [1.54, 1.807) is 36.4 Å². The Balaban J connectivity index is 1.48. The first-order valence-corrected chi connectivity index (χ1v) is 10.1. The van der Waals surface area contributed by atoms with E-state index in [1.165, 1.54) is 35.2 Å². The van der Waals surface area contributed by atoms with Gasteiger partial charge in [0.15, 0.2) is 10.9 Å². The summed E-state index contributed by atoms with van der Waals surface area (Å²) in [6.45, 7) is -0.169. The highest BCUT2D eigenvalue weighted by Gasteiger charge is 2.11. The number of aromatic nitrogens is 2. The number of rotatable bonds is 8. The number of anilines is 1. The van der Waals surface area contributed by atoms with Crippen LogP contribution in [0.4, 0.5) is 10.8 Å². The molecule has 0 atom stereocenters. The Labute approximate surface area is 173 Å². The van der Waals surface area contributed by atoms with E-state index in [2.05, 4.69) is 15.5 Å². The third-order valence-corrected chi connectivity index (χ3v) is 5.62. The lowest BCUT2D eigenvalue weighted by Gasteiger charge is -2.05. The molecule has 8 nitrogen and oxygen atoms in total. The van der Waals surface area contributed by atoms with Crippen LogP contribution in [0.25, 0.3) is 0 Å². The van der Waals surface area contributed by atoms with Gasteiger partial charge in [0.2, 0.25) is 5.13 Å². The zero-order chi connectivity index (χ0) is 19.9. The van der Waals surface area contributed by atoms with Crippen LogP contribution in [0.15, 0.2) is 52.9 Å². The Hall–Kier alpha value is -2.69. The Morgan fingerprint density at radius 2 is 2.04 bits per heavy atom. The maximum atomic E-state index is 11.9. The zero-order valence-electron chi connectivity index (χ0n) is 14.2. The highest BCUT2D eigenvalue weighted by atomic mass is 35.5. The fourth-order valence-corrected chi connectivity index (χ4v) is 3.90. The first-order valence-electron chi connectivity index (χ1n) is 7.87. The number of hydrogen-bond donors (Lipinski definition) is 1. The van der Waals surface area contributed by atoms with Gasteiger partial charge in [-0.05, 0) is 29.8 Å². The van der Waals surface area contributed by atoms with Gasteiger partial charge in [-0.1, -0.05) is 46.8 Å². The van der Waals surface area contributed by atoms with E-state index in [0.717, 1.165) is 5.56 Å². The second-order valence-electron chi connectivity index (χ2n) is 5.38. The second-order valence-corrected chi connectivity index (χ2v) is 8.02. The molecule has 1 heterocycles. The minimum atomic E-state index is -0.432. The topological polar surface area (TPSA) is 107 Å². The fourth-order valence-electron chi connectivity index (χ4n) is 2.06. The highest BCUT2D eigenvalue weighted by Crippen LogP contribution is 2.29. The first kappa shape index (κ1) is 20.1. The molecule has 0 radical (unpaired) electrons. The number of halogens is 1. The molecule has 3 aromatic rings. The third kappa shape index (κ3) is 5.91. The summed E-state index contributed by atoms with van der Waals surface area (Å²) >= 11 is 8.39. The number of nitro groups is 1. The quantitative estimate of drug-likeness (QED) is 0.241. The van der Waals surface area contributed by atoms with Gasteiger partial charge in [-0.3, -0.25) is 20.2 Å². The molecule has 1 amide bonds. The monoisotopic (exact) mass is 436 g/mol. The van der Waals surface area contributed by atoms with Crippen molar-refractivity contribution in [2.75, 3.05) is 11.9 Å². The van der Waals surface area contributed by atoms with Crippen LogP contribution in [-0.4, -0.2) is 27.6 Å². The smallest absolute Gasteiger partial charge is 0.269 e. The molecule has 0 saturated carbocycles. The molecule has 0 aliphatic heterocycles. The van der Waals surface area contributed by atoms with Gasteiger partial charge >= 0.3 is 0 Å². The van der Waals surface area contributed by atoms with Crippen molar-refractivity contribution in [3.63, 3.8) is 0 Å². The van der Waals surface area contributed by atoms with Gasteiger partial charge in [-0.25, -0.2) is 0 Å². The number of thioether (sulfide) groups is 1. The van der Waals surface area contributed by atoms with E-state index in [-0.39, 0.29) is 18.2 Å². The van der Waals surface area contributed by atoms with Crippen molar-refractivity contribution in [1.82, 2.24) is 10.2 Å². The summed E-state index contributed by atoms with van der Waals surface area (Å²) in [6, 6.07) is 13.1. The van der Waals surface area contributed by atoms with Crippen molar-refractivity contribution >= 4 is 51.4 Å². The van der Waals surface area contributed by atoms with Crippen molar-refractivity contribution in [1.29, 1.82) is 0 Å². The second kappa shape index (κ2) is 9.49. The summed E-state index contributed by atoms with van der Waals surface area (Å²) in [5, 5.41) is 22.3. The maximum Gasteiger partial charge on any atom is 0.269 e. The number of nitro benzene ring substituents is 1. The number of hydrogen-bond acceptors (Lipinski definition) is 8. The lowest BCUT2D eigenvalue weighted by atomic mass is 10.2. The van der Waals surface area contributed by atoms with Gasteiger partial charge < -0.3 is 4.74 Å². The molecule has 0 spiro atoms. The number of amides is 1. The molecule has 0 aliphatic carbocycles. The predicted molar refractivity (Wildman–Crippen MR) is 108 cm³/mol. The van der Waals surface area contributed by atoms with Gasteiger partial charge in [0.05, 0.1) is 4.92 Å². The van der Waals surface area contributed by atoms with Crippen molar-refractivity contribution < 1.29 is 14.5 Å². The van der Waals surface area contributed by atoms with Crippen LogP contribution in [0, 0.1) is 10.1 Å². The largest absolute Gasteiger partial charge is 0.484 e. The SMILES string of the molecule is O=C(COc1ccc(Cl)cc1)Nc1nnc(SCc2cccc([N+](=O)[O-])c2)s1. The van der Waals surface area contributed by atoms with E-state index in [9.17, 15) is 14.9 Å². The van der Waals surface area contributed by atoms with Crippen LogP contribution in [0.5, 0.6) is 5.75 Å². The summed E-state index contributed by atoms with van der Waals surface area (Å²) in [6.07, 6.45) is 0. The molecule has 144 valence electrons. The van der Waals surface area contributed by atoms with Crippen LogP contribution in [0.2, 0.25) is 5.02 Å². The molecule has 0 aliphatic rings. The molecule has 11 heteroatoms. The summed E-state index contributed by atoms with van der Waals surface area (Å²) in [5.74, 6) is 0.676. The molecular formula is C17H13ClN4O4S2. The van der Waals surface area contributed by atoms with Crippen molar-refractivity contribution in [2.45, 2.75) is 10.1 Å². The Bertz CT molecular complexity index is 981. The maximum absolute atomic E-state index is 11.9. The average molecular weight is 437 g/mol. The molecule has 0 unspecified atom stereocenters. The Kier molecular flexibility index (Phi) is 6.80. The number of nitrogens with zero attached hydrogens (tertiary/aromatic N) is 3. The highest BCUT2D eigenvalue weighted by molar-refractivity contribution is 8.00. The molecule has 28 heavy (non-hydrogen) atoms. The van der Waals surface area contributed by atoms with E-state index in [4.69, 9.17) is 16.3 Å².